The van der Waals surface area contributed by atoms with Crippen molar-refractivity contribution in [1.29, 1.82) is 0 Å². The molecule has 0 amide bonds. The Morgan fingerprint density at radius 1 is 1.47 bits per heavy atom. The molecule has 3 aromatic rings. The molecule has 3 aromatic heterocycles. The maximum absolute atomic E-state index is 11.9. The van der Waals surface area contributed by atoms with Crippen molar-refractivity contribution in [2.45, 2.75) is 0 Å². The fourth-order valence-corrected chi connectivity index (χ4v) is 2.31. The minimum absolute atomic E-state index is 0.0954. The van der Waals surface area contributed by atoms with E-state index in [1.54, 1.807) is 13.2 Å². The van der Waals surface area contributed by atoms with E-state index in [0.29, 0.717) is 17.0 Å². The summed E-state index contributed by atoms with van der Waals surface area (Å²) in [5, 5.41) is 14.2. The van der Waals surface area contributed by atoms with Crippen LogP contribution in [0.25, 0.3) is 22.4 Å². The molecule has 0 aliphatic carbocycles. The zero-order valence-corrected chi connectivity index (χ0v) is 10.3. The van der Waals surface area contributed by atoms with Crippen molar-refractivity contribution in [3.05, 3.63) is 27.1 Å². The number of aromatic nitrogens is 6. The fourth-order valence-electron chi connectivity index (χ4n) is 1.69. The minimum Gasteiger partial charge on any atom is -0.347 e. The normalized spacial score (nSPS) is 11.2. The summed E-state index contributed by atoms with van der Waals surface area (Å²) in [4.78, 5) is 14.9. The minimum atomic E-state index is -0.0954. The van der Waals surface area contributed by atoms with Gasteiger partial charge in [-0.2, -0.15) is 0 Å². The molecule has 3 rings (SSSR count). The number of nitrogens with zero attached hydrogens (tertiary/aromatic N) is 4. The summed E-state index contributed by atoms with van der Waals surface area (Å²) in [5.74, 6) is 0.496. The summed E-state index contributed by atoms with van der Waals surface area (Å²) >= 11 is 3.42. The Morgan fingerprint density at radius 2 is 2.29 bits per heavy atom. The largest absolute Gasteiger partial charge is 0.347 e. The summed E-state index contributed by atoms with van der Waals surface area (Å²) in [7, 11) is 1.70. The van der Waals surface area contributed by atoms with Crippen LogP contribution in [0.5, 0.6) is 0 Å². The van der Waals surface area contributed by atoms with Crippen molar-refractivity contribution in [3.63, 3.8) is 0 Å². The van der Waals surface area contributed by atoms with E-state index in [1.165, 1.54) is 4.57 Å². The highest BCUT2D eigenvalue weighted by Gasteiger charge is 2.12. The lowest BCUT2D eigenvalue weighted by Crippen LogP contribution is -2.16. The Balaban J connectivity index is 2.37. The van der Waals surface area contributed by atoms with Crippen molar-refractivity contribution in [2.24, 2.45) is 7.05 Å². The van der Waals surface area contributed by atoms with Crippen LogP contribution in [-0.4, -0.2) is 30.2 Å². The van der Waals surface area contributed by atoms with Crippen LogP contribution in [-0.2, 0) is 7.05 Å². The molecule has 0 aliphatic rings. The Morgan fingerprint density at radius 3 is 3.00 bits per heavy atom. The molecule has 0 atom stereocenters. The molecule has 0 saturated heterocycles. The third-order valence-electron chi connectivity index (χ3n) is 2.52. The predicted octanol–water partition coefficient (Wildman–Crippen LogP) is 0.809. The molecule has 2 N–H and O–H groups in total. The summed E-state index contributed by atoms with van der Waals surface area (Å²) in [6, 6.07) is 1.82. The van der Waals surface area contributed by atoms with Gasteiger partial charge in [0, 0.05) is 23.1 Å². The van der Waals surface area contributed by atoms with Gasteiger partial charge in [-0.25, -0.2) is 5.10 Å². The number of aryl methyl sites for hydroxylation is 1. The highest BCUT2D eigenvalue weighted by molar-refractivity contribution is 9.10. The number of halogens is 1. The van der Waals surface area contributed by atoms with Crippen molar-refractivity contribution < 1.29 is 0 Å². The second-order valence-electron chi connectivity index (χ2n) is 3.61. The molecule has 0 unspecified atom stereocenters. The summed E-state index contributed by atoms with van der Waals surface area (Å²) in [6.07, 6.45) is 1.72. The van der Waals surface area contributed by atoms with Gasteiger partial charge in [-0.15, -0.1) is 5.10 Å². The third kappa shape index (κ3) is 1.48. The maximum Gasteiger partial charge on any atom is 0.274 e. The molecule has 7 nitrogen and oxygen atoms in total. The van der Waals surface area contributed by atoms with Crippen LogP contribution < -0.4 is 5.56 Å². The van der Waals surface area contributed by atoms with E-state index < -0.39 is 0 Å². The van der Waals surface area contributed by atoms with E-state index in [0.717, 1.165) is 9.86 Å². The summed E-state index contributed by atoms with van der Waals surface area (Å²) in [5.41, 5.74) is 1.10. The van der Waals surface area contributed by atoms with Gasteiger partial charge in [0.05, 0.1) is 5.69 Å². The number of nitrogens with one attached hydrogen (secondary N) is 2. The smallest absolute Gasteiger partial charge is 0.274 e. The summed E-state index contributed by atoms with van der Waals surface area (Å²) < 4.78 is 2.34. The van der Waals surface area contributed by atoms with Crippen molar-refractivity contribution >= 4 is 26.8 Å². The van der Waals surface area contributed by atoms with Gasteiger partial charge >= 0.3 is 0 Å². The average molecular weight is 295 g/mol. The first-order chi connectivity index (χ1) is 8.16. The van der Waals surface area contributed by atoms with E-state index in [1.807, 2.05) is 6.07 Å². The highest BCUT2D eigenvalue weighted by atomic mass is 79.9. The van der Waals surface area contributed by atoms with Gasteiger partial charge in [0.2, 0.25) is 0 Å². The van der Waals surface area contributed by atoms with Crippen LogP contribution in [0.4, 0.5) is 0 Å². The monoisotopic (exact) mass is 294 g/mol. The predicted molar refractivity (Wildman–Crippen MR) is 64.4 cm³/mol. The van der Waals surface area contributed by atoms with Gasteiger partial charge in [-0.1, -0.05) is 0 Å². The van der Waals surface area contributed by atoms with Crippen molar-refractivity contribution in [1.82, 2.24) is 30.2 Å². The lowest BCUT2D eigenvalue weighted by molar-refractivity contribution is 0.866. The number of hydrogen-bond donors (Lipinski definition) is 2. The number of aromatic amines is 2. The molecule has 0 aliphatic heterocycles. The molecule has 3 heterocycles. The Labute approximate surface area is 103 Å². The number of hydrogen-bond acceptors (Lipinski definition) is 4. The van der Waals surface area contributed by atoms with Gasteiger partial charge in [-0.3, -0.25) is 4.79 Å². The number of pyridine rings is 1. The van der Waals surface area contributed by atoms with Crippen LogP contribution in [0.1, 0.15) is 0 Å². The molecule has 0 spiro atoms. The van der Waals surface area contributed by atoms with Gasteiger partial charge in [0.1, 0.15) is 5.52 Å². The number of fused-ring (bicyclic) bond motifs is 1. The first-order valence-corrected chi connectivity index (χ1v) is 5.58. The first kappa shape index (κ1) is 10.2. The van der Waals surface area contributed by atoms with Gasteiger partial charge < -0.3 is 9.55 Å². The average Bonchev–Trinajstić information content (AvgIpc) is 2.94. The molecule has 0 radical (unpaired) electrons. The topological polar surface area (TPSA) is 92.2 Å². The van der Waals surface area contributed by atoms with Gasteiger partial charge in [0.15, 0.2) is 5.82 Å². The molecule has 0 saturated carbocycles. The Kier molecular flexibility index (Phi) is 2.11. The zero-order chi connectivity index (χ0) is 12.0. The van der Waals surface area contributed by atoms with Crippen molar-refractivity contribution in [2.75, 3.05) is 0 Å². The van der Waals surface area contributed by atoms with Gasteiger partial charge in [-0.05, 0) is 32.4 Å². The van der Waals surface area contributed by atoms with Crippen LogP contribution >= 0.6 is 15.9 Å². The Bertz CT molecular complexity index is 741. The molecule has 0 bridgehead atoms. The number of tetrazole rings is 1. The van der Waals surface area contributed by atoms with Crippen LogP contribution in [0.2, 0.25) is 0 Å². The highest BCUT2D eigenvalue weighted by Crippen LogP contribution is 2.25. The first-order valence-electron chi connectivity index (χ1n) is 4.79. The Hall–Kier alpha value is -1.96. The maximum atomic E-state index is 11.9. The lowest BCUT2D eigenvalue weighted by Gasteiger charge is -1.98. The van der Waals surface area contributed by atoms with E-state index in [2.05, 4.69) is 41.5 Å². The second kappa shape index (κ2) is 3.52. The summed E-state index contributed by atoms with van der Waals surface area (Å²) in [6.45, 7) is 0. The van der Waals surface area contributed by atoms with Crippen LogP contribution in [0, 0.1) is 0 Å². The number of H-pyrrole nitrogens is 2. The fraction of sp³-hybridized carbons (Fsp3) is 0.111. The zero-order valence-electron chi connectivity index (χ0n) is 8.73. The van der Waals surface area contributed by atoms with E-state index >= 15 is 0 Å². The lowest BCUT2D eigenvalue weighted by atomic mass is 10.3. The molecule has 86 valence electrons. The molecule has 8 heteroatoms. The van der Waals surface area contributed by atoms with Gasteiger partial charge in [0.25, 0.3) is 5.56 Å². The third-order valence-corrected chi connectivity index (χ3v) is 3.15. The van der Waals surface area contributed by atoms with Crippen molar-refractivity contribution in [3.8, 4) is 11.5 Å². The molecule has 0 fully saturated rings. The second-order valence-corrected chi connectivity index (χ2v) is 4.47. The standard InChI is InChI=1S/C9H7BrN6O/c1-16-3-5(10)4-2-6(8-12-14-15-13-8)11-7(4)9(16)17/h2-3,11H,1H3,(H,12,13,14,15). The molecular weight excluding hydrogens is 288 g/mol. The van der Waals surface area contributed by atoms with E-state index in [4.69, 9.17) is 0 Å². The molecule has 0 aromatic carbocycles. The number of rotatable bonds is 1. The van der Waals surface area contributed by atoms with E-state index in [9.17, 15) is 4.79 Å². The van der Waals surface area contributed by atoms with Crippen LogP contribution in [0.3, 0.4) is 0 Å². The molecule has 17 heavy (non-hydrogen) atoms. The van der Waals surface area contributed by atoms with E-state index in [-0.39, 0.29) is 5.56 Å². The SMILES string of the molecule is Cn1cc(Br)c2cc(-c3nnn[nH]3)[nH]c2c1=O. The quantitative estimate of drug-likeness (QED) is 0.695. The van der Waals surface area contributed by atoms with Crippen LogP contribution in [0.15, 0.2) is 21.5 Å². The molecular formula is C9H7BrN6O.